The molecular weight excluding hydrogens is 586 g/mol. The molecule has 0 radical (unpaired) electrons. The van der Waals surface area contributed by atoms with Crippen LogP contribution in [-0.2, 0) is 14.3 Å². The van der Waals surface area contributed by atoms with E-state index in [2.05, 4.69) is 47.8 Å². The summed E-state index contributed by atoms with van der Waals surface area (Å²) >= 11 is 3.75. The van der Waals surface area contributed by atoms with Gasteiger partial charge in [-0.25, -0.2) is 0 Å². The van der Waals surface area contributed by atoms with E-state index in [-0.39, 0.29) is 22.8 Å². The number of alkyl halides is 1. The Kier molecular flexibility index (Phi) is 9.92. The zero-order valence-corrected chi connectivity index (χ0v) is 25.4. The fourth-order valence-electron chi connectivity index (χ4n) is 5.75. The van der Waals surface area contributed by atoms with Gasteiger partial charge < -0.3 is 30.3 Å². The predicted molar refractivity (Wildman–Crippen MR) is 164 cm³/mol. The van der Waals surface area contributed by atoms with E-state index in [4.69, 9.17) is 14.9 Å². The number of nitrogens with one attached hydrogen (secondary N) is 4. The summed E-state index contributed by atoms with van der Waals surface area (Å²) in [5.41, 5.74) is 3.27. The number of hydrogen-bond acceptors (Lipinski definition) is 8. The van der Waals surface area contributed by atoms with Gasteiger partial charge in [0.15, 0.2) is 0 Å². The summed E-state index contributed by atoms with van der Waals surface area (Å²) in [5, 5.41) is 21.3. The van der Waals surface area contributed by atoms with Crippen molar-refractivity contribution in [1.29, 1.82) is 5.41 Å². The van der Waals surface area contributed by atoms with Crippen LogP contribution in [0.1, 0.15) is 18.4 Å². The van der Waals surface area contributed by atoms with Crippen LogP contribution in [0.15, 0.2) is 59.7 Å². The van der Waals surface area contributed by atoms with E-state index in [1.807, 2.05) is 42.4 Å². The summed E-state index contributed by atoms with van der Waals surface area (Å²) in [6, 6.07) is 7.76. The van der Waals surface area contributed by atoms with Crippen LogP contribution < -0.4 is 16.0 Å². The lowest BCUT2D eigenvalue weighted by Crippen LogP contribution is -2.56. The first-order valence-corrected chi connectivity index (χ1v) is 15.2. The van der Waals surface area contributed by atoms with Crippen LogP contribution in [0.2, 0.25) is 0 Å². The van der Waals surface area contributed by atoms with E-state index in [0.29, 0.717) is 45.2 Å². The number of rotatable bonds is 9. The van der Waals surface area contributed by atoms with Crippen molar-refractivity contribution in [1.82, 2.24) is 30.7 Å². The molecule has 41 heavy (non-hydrogen) atoms. The van der Waals surface area contributed by atoms with E-state index in [9.17, 15) is 4.79 Å². The highest BCUT2D eigenvalue weighted by Crippen LogP contribution is 2.29. The Labute approximate surface area is 250 Å². The van der Waals surface area contributed by atoms with Crippen molar-refractivity contribution in [3.8, 4) is 0 Å². The summed E-state index contributed by atoms with van der Waals surface area (Å²) in [4.78, 5) is 22.7. The number of hydrogen-bond donors (Lipinski definition) is 4. The van der Waals surface area contributed by atoms with Crippen molar-refractivity contribution >= 4 is 38.4 Å². The van der Waals surface area contributed by atoms with Crippen molar-refractivity contribution < 1.29 is 14.3 Å². The van der Waals surface area contributed by atoms with Gasteiger partial charge in [0.05, 0.1) is 36.7 Å². The average Bonchev–Trinajstić information content (AvgIpc) is 3.01. The van der Waals surface area contributed by atoms with Crippen LogP contribution in [0, 0.1) is 5.41 Å². The second-order valence-electron chi connectivity index (χ2n) is 10.7. The molecule has 3 aliphatic rings. The Morgan fingerprint density at radius 2 is 2.00 bits per heavy atom. The molecule has 0 saturated carbocycles. The number of amidine groups is 1. The van der Waals surface area contributed by atoms with Gasteiger partial charge in [-0.2, -0.15) is 0 Å². The zero-order chi connectivity index (χ0) is 28.8. The first-order valence-electron chi connectivity index (χ1n) is 14.3. The van der Waals surface area contributed by atoms with Crippen molar-refractivity contribution in [2.45, 2.75) is 29.8 Å². The molecule has 1 aromatic heterocycles. The normalized spacial score (nSPS) is 23.7. The number of halogens is 1. The van der Waals surface area contributed by atoms with Gasteiger partial charge >= 0.3 is 0 Å². The minimum Gasteiger partial charge on any atom is -0.387 e. The molecule has 2 aromatic rings. The van der Waals surface area contributed by atoms with E-state index >= 15 is 0 Å². The maximum absolute atomic E-state index is 13.9. The molecule has 11 heteroatoms. The maximum Gasteiger partial charge on any atom is 0.252 e. The quantitative estimate of drug-likeness (QED) is 0.191. The molecule has 2 aliphatic heterocycles. The van der Waals surface area contributed by atoms with Crippen molar-refractivity contribution in [2.24, 2.45) is 0 Å². The summed E-state index contributed by atoms with van der Waals surface area (Å²) in [7, 11) is 3.60. The number of fused-ring (bicyclic) bond motifs is 1. The number of likely N-dealkylation sites (N-methyl/N-ethyl adjacent to an activating group) is 1. The Morgan fingerprint density at radius 1 is 1.20 bits per heavy atom. The van der Waals surface area contributed by atoms with E-state index in [1.165, 1.54) is 0 Å². The van der Waals surface area contributed by atoms with Crippen LogP contribution in [0.4, 0.5) is 0 Å². The molecule has 5 rings (SSSR count). The molecule has 1 aromatic carbocycles. The topological polar surface area (TPSA) is 115 Å². The molecule has 4 N–H and O–H groups in total. The highest BCUT2D eigenvalue weighted by atomic mass is 79.9. The molecule has 0 spiro atoms. The van der Waals surface area contributed by atoms with Crippen LogP contribution in [0.5, 0.6) is 0 Å². The van der Waals surface area contributed by atoms with Crippen molar-refractivity contribution in [3.05, 3.63) is 65.3 Å². The maximum atomic E-state index is 13.9. The largest absolute Gasteiger partial charge is 0.387 e. The Bertz CT molecular complexity index is 1300. The SMILES string of the molecule is CNC1=CC(Br)CC(C(=O)N2CCN(CCOC)CC2)=C1N[C@@H]1CCOC[C@@H]1NC(=N)c1cncc2ccccc12. The molecule has 3 heterocycles. The molecule has 220 valence electrons. The van der Waals surface area contributed by atoms with Crippen LogP contribution in [0.25, 0.3) is 10.8 Å². The van der Waals surface area contributed by atoms with Gasteiger partial charge in [-0.1, -0.05) is 40.2 Å². The lowest BCUT2D eigenvalue weighted by Gasteiger charge is -2.38. The third-order valence-corrected chi connectivity index (χ3v) is 8.66. The van der Waals surface area contributed by atoms with Crippen molar-refractivity contribution in [3.63, 3.8) is 0 Å². The minimum absolute atomic E-state index is 0.0423. The highest BCUT2D eigenvalue weighted by molar-refractivity contribution is 9.09. The van der Waals surface area contributed by atoms with Crippen LogP contribution in [-0.4, -0.2) is 110 Å². The number of carbonyl (C=O) groups is 1. The van der Waals surface area contributed by atoms with Crippen molar-refractivity contribution in [2.75, 3.05) is 66.7 Å². The minimum atomic E-state index is -0.164. The van der Waals surface area contributed by atoms with Crippen LogP contribution in [0.3, 0.4) is 0 Å². The number of methoxy groups -OCH3 is 1. The third kappa shape index (κ3) is 6.91. The lowest BCUT2D eigenvalue weighted by atomic mass is 9.95. The lowest BCUT2D eigenvalue weighted by molar-refractivity contribution is -0.129. The van der Waals surface area contributed by atoms with Gasteiger partial charge in [0.2, 0.25) is 0 Å². The third-order valence-electron chi connectivity index (χ3n) is 8.07. The Balaban J connectivity index is 1.35. The molecule has 2 saturated heterocycles. The molecule has 0 bridgehead atoms. The second-order valence-corrected chi connectivity index (χ2v) is 11.9. The standard InChI is InChI=1S/C30H40BrN7O3/c1-33-26-16-21(31)15-23(30(39)38-10-8-37(9-11-38)12-14-40-2)28(26)35-25-7-13-41-19-27(25)36-29(32)24-18-34-17-20-5-3-4-6-22(20)24/h3-6,16-18,21,25,27,33,35H,7-15,19H2,1-2H3,(H2,32,36)/t21?,25-,27+/m1/s1. The average molecular weight is 627 g/mol. The molecule has 1 amide bonds. The number of pyridine rings is 1. The number of carbonyl (C=O) groups excluding carboxylic acids is 1. The zero-order valence-electron chi connectivity index (χ0n) is 23.8. The van der Waals surface area contributed by atoms with Gasteiger partial charge in [0.1, 0.15) is 5.84 Å². The van der Waals surface area contributed by atoms with Gasteiger partial charge in [0.25, 0.3) is 5.91 Å². The summed E-state index contributed by atoms with van der Waals surface area (Å²) in [5.74, 6) is 0.386. The monoisotopic (exact) mass is 625 g/mol. The van der Waals surface area contributed by atoms with E-state index in [1.54, 1.807) is 13.3 Å². The van der Waals surface area contributed by atoms with E-state index < -0.39 is 0 Å². The highest BCUT2D eigenvalue weighted by Gasteiger charge is 2.34. The predicted octanol–water partition coefficient (Wildman–Crippen LogP) is 2.21. The molecule has 1 aliphatic carbocycles. The fraction of sp³-hybridized carbons (Fsp3) is 0.500. The van der Waals surface area contributed by atoms with Gasteiger partial charge in [-0.15, -0.1) is 0 Å². The number of allylic oxidation sites excluding steroid dienone is 1. The first-order chi connectivity index (χ1) is 20.0. The molecule has 10 nitrogen and oxygen atoms in total. The number of aromatic nitrogens is 1. The smallest absolute Gasteiger partial charge is 0.252 e. The Hall–Kier alpha value is -2.99. The second kappa shape index (κ2) is 13.8. The number of nitrogens with zero attached hydrogens (tertiary/aromatic N) is 3. The summed E-state index contributed by atoms with van der Waals surface area (Å²) < 4.78 is 11.1. The molecule has 1 unspecified atom stereocenters. The molecule has 3 atom stereocenters. The molecular formula is C30H40BrN7O3. The Morgan fingerprint density at radius 3 is 2.78 bits per heavy atom. The number of benzene rings is 1. The summed E-state index contributed by atoms with van der Waals surface area (Å²) in [6.07, 6.45) is 7.02. The fourth-order valence-corrected chi connectivity index (χ4v) is 6.34. The number of amides is 1. The van der Waals surface area contributed by atoms with Gasteiger partial charge in [-0.3, -0.25) is 20.1 Å². The first kappa shape index (κ1) is 29.5. The van der Waals surface area contributed by atoms with Crippen LogP contribution >= 0.6 is 15.9 Å². The summed E-state index contributed by atoms with van der Waals surface area (Å²) in [6.45, 7) is 5.72. The van der Waals surface area contributed by atoms with Gasteiger partial charge in [0, 0.05) is 87.2 Å². The molecule has 2 fully saturated rings. The van der Waals surface area contributed by atoms with E-state index in [0.717, 1.165) is 59.4 Å². The van der Waals surface area contributed by atoms with Gasteiger partial charge in [-0.05, 0) is 24.3 Å². The number of piperazine rings is 1. The number of ether oxygens (including phenoxy) is 2.